The third-order valence-electron chi connectivity index (χ3n) is 4.68. The fraction of sp³-hybridized carbons (Fsp3) is 0.389. The lowest BCUT2D eigenvalue weighted by atomic mass is 9.87. The van der Waals surface area contributed by atoms with Crippen LogP contribution in [-0.2, 0) is 7.05 Å². The Morgan fingerprint density at radius 1 is 1.13 bits per heavy atom. The van der Waals surface area contributed by atoms with E-state index in [0.717, 1.165) is 37.3 Å². The smallest absolute Gasteiger partial charge is 0.251 e. The van der Waals surface area contributed by atoms with Gasteiger partial charge in [0.25, 0.3) is 5.56 Å². The number of aromatic nitrogens is 1. The molecular formula is C18H21ClN2O2. The molecule has 0 aliphatic carbocycles. The summed E-state index contributed by atoms with van der Waals surface area (Å²) in [5.74, 6) is 1.17. The molecule has 23 heavy (non-hydrogen) atoms. The molecule has 1 N–H and O–H groups in total. The van der Waals surface area contributed by atoms with E-state index in [2.05, 4.69) is 4.90 Å². The maximum Gasteiger partial charge on any atom is 0.251 e. The largest absolute Gasteiger partial charge is 0.388 e. The molecule has 0 amide bonds. The quantitative estimate of drug-likeness (QED) is 0.939. The molecule has 1 saturated heterocycles. The molecule has 3 rings (SSSR count). The first-order chi connectivity index (χ1) is 11.1. The van der Waals surface area contributed by atoms with Crippen LogP contribution in [0.3, 0.4) is 0 Å². The molecule has 122 valence electrons. The van der Waals surface area contributed by atoms with E-state index in [9.17, 15) is 9.90 Å². The van der Waals surface area contributed by atoms with Gasteiger partial charge in [0.1, 0.15) is 5.82 Å². The Labute approximate surface area is 140 Å². The van der Waals surface area contributed by atoms with Crippen LogP contribution in [0.15, 0.2) is 47.3 Å². The molecule has 4 nitrogen and oxygen atoms in total. The van der Waals surface area contributed by atoms with Crippen molar-refractivity contribution >= 4 is 17.4 Å². The first-order valence-electron chi connectivity index (χ1n) is 7.91. The van der Waals surface area contributed by atoms with Crippen molar-refractivity contribution < 1.29 is 5.11 Å². The highest BCUT2D eigenvalue weighted by Gasteiger charge is 2.27. The maximum absolute atomic E-state index is 11.8. The molecule has 1 aliphatic rings. The summed E-state index contributed by atoms with van der Waals surface area (Å²) in [6.45, 7) is 1.68. The summed E-state index contributed by atoms with van der Waals surface area (Å²) in [6.07, 6.45) is 1.33. The van der Waals surface area contributed by atoms with Crippen LogP contribution in [0.25, 0.3) is 0 Å². The summed E-state index contributed by atoms with van der Waals surface area (Å²) >= 11 is 5.90. The van der Waals surface area contributed by atoms with Crippen LogP contribution in [0.1, 0.15) is 24.5 Å². The second kappa shape index (κ2) is 6.77. The van der Waals surface area contributed by atoms with Gasteiger partial charge in [-0.2, -0.15) is 0 Å². The second-order valence-corrected chi connectivity index (χ2v) is 6.54. The Hall–Kier alpha value is -1.78. The molecule has 0 bridgehead atoms. The summed E-state index contributed by atoms with van der Waals surface area (Å²) in [6, 6.07) is 12.7. The summed E-state index contributed by atoms with van der Waals surface area (Å²) in [5.41, 5.74) is 0.922. The van der Waals surface area contributed by atoms with Gasteiger partial charge < -0.3 is 10.0 Å². The van der Waals surface area contributed by atoms with E-state index in [-0.39, 0.29) is 11.5 Å². The van der Waals surface area contributed by atoms with E-state index in [0.29, 0.717) is 5.02 Å². The Morgan fingerprint density at radius 3 is 2.43 bits per heavy atom. The molecule has 0 saturated carbocycles. The zero-order valence-electron chi connectivity index (χ0n) is 13.2. The molecule has 1 atom stereocenters. The molecular weight excluding hydrogens is 312 g/mol. The highest BCUT2D eigenvalue weighted by Crippen LogP contribution is 2.32. The van der Waals surface area contributed by atoms with Gasteiger partial charge in [0, 0.05) is 31.2 Å². The molecule has 0 radical (unpaired) electrons. The summed E-state index contributed by atoms with van der Waals surface area (Å²) in [4.78, 5) is 14.0. The van der Waals surface area contributed by atoms with Crippen LogP contribution in [0.2, 0.25) is 5.02 Å². The van der Waals surface area contributed by atoms with Gasteiger partial charge >= 0.3 is 0 Å². The summed E-state index contributed by atoms with van der Waals surface area (Å²) < 4.78 is 1.68. The molecule has 1 aromatic heterocycles. The van der Waals surface area contributed by atoms with Gasteiger partial charge in [-0.25, -0.2) is 0 Å². The van der Waals surface area contributed by atoms with E-state index in [1.54, 1.807) is 23.7 Å². The molecule has 2 aromatic rings. The minimum atomic E-state index is -0.464. The average Bonchev–Trinajstić information content (AvgIpc) is 2.58. The molecule has 2 heterocycles. The number of benzene rings is 1. The third-order valence-corrected chi connectivity index (χ3v) is 4.93. The Balaban J connectivity index is 1.67. The molecule has 1 aromatic carbocycles. The topological polar surface area (TPSA) is 45.5 Å². The van der Waals surface area contributed by atoms with Crippen LogP contribution in [0.5, 0.6) is 0 Å². The van der Waals surface area contributed by atoms with E-state index in [4.69, 9.17) is 11.6 Å². The van der Waals surface area contributed by atoms with Crippen molar-refractivity contribution in [3.8, 4) is 0 Å². The fourth-order valence-electron chi connectivity index (χ4n) is 3.25. The maximum atomic E-state index is 11.8. The number of piperidine rings is 1. The zero-order valence-corrected chi connectivity index (χ0v) is 13.9. The molecule has 5 heteroatoms. The Morgan fingerprint density at radius 2 is 1.78 bits per heavy atom. The van der Waals surface area contributed by atoms with Crippen molar-refractivity contribution in [1.82, 2.24) is 4.57 Å². The van der Waals surface area contributed by atoms with Crippen molar-refractivity contribution in [2.75, 3.05) is 18.0 Å². The van der Waals surface area contributed by atoms with Gasteiger partial charge in [-0.15, -0.1) is 0 Å². The van der Waals surface area contributed by atoms with E-state index in [1.165, 1.54) is 0 Å². The fourth-order valence-corrected chi connectivity index (χ4v) is 3.37. The highest BCUT2D eigenvalue weighted by atomic mass is 35.5. The number of rotatable bonds is 3. The van der Waals surface area contributed by atoms with Crippen molar-refractivity contribution in [2.45, 2.75) is 18.9 Å². The van der Waals surface area contributed by atoms with Gasteiger partial charge in [0.2, 0.25) is 0 Å². The van der Waals surface area contributed by atoms with Gasteiger partial charge in [0.15, 0.2) is 0 Å². The van der Waals surface area contributed by atoms with E-state index >= 15 is 0 Å². The lowest BCUT2D eigenvalue weighted by molar-refractivity contribution is 0.0928. The average molecular weight is 333 g/mol. The SMILES string of the molecule is Cn1c(N2CCC([C@H](O)c3ccc(Cl)cc3)CC2)cccc1=O. The van der Waals surface area contributed by atoms with E-state index < -0.39 is 6.10 Å². The molecule has 1 aliphatic heterocycles. The first kappa shape index (κ1) is 16.1. The molecule has 0 spiro atoms. The third kappa shape index (κ3) is 3.43. The Bertz CT molecular complexity index is 719. The van der Waals surface area contributed by atoms with Crippen LogP contribution >= 0.6 is 11.6 Å². The number of nitrogens with zero attached hydrogens (tertiary/aromatic N) is 2. The van der Waals surface area contributed by atoms with Gasteiger partial charge in [-0.1, -0.05) is 29.8 Å². The van der Waals surface area contributed by atoms with Crippen LogP contribution in [0.4, 0.5) is 5.82 Å². The number of pyridine rings is 1. The van der Waals surface area contributed by atoms with Crippen molar-refractivity contribution in [1.29, 1.82) is 0 Å². The predicted octanol–water partition coefficient (Wildman–Crippen LogP) is 2.99. The van der Waals surface area contributed by atoms with Crippen LogP contribution in [0, 0.1) is 5.92 Å². The summed E-state index contributed by atoms with van der Waals surface area (Å²) in [5, 5.41) is 11.3. The lowest BCUT2D eigenvalue weighted by Gasteiger charge is -2.36. The number of aliphatic hydroxyl groups is 1. The number of anilines is 1. The lowest BCUT2D eigenvalue weighted by Crippen LogP contribution is -2.38. The number of hydrogen-bond acceptors (Lipinski definition) is 3. The monoisotopic (exact) mass is 332 g/mol. The van der Waals surface area contributed by atoms with Gasteiger partial charge in [0.05, 0.1) is 6.10 Å². The minimum absolute atomic E-state index is 0.00539. The van der Waals surface area contributed by atoms with Crippen LogP contribution < -0.4 is 10.5 Å². The Kier molecular flexibility index (Phi) is 4.74. The second-order valence-electron chi connectivity index (χ2n) is 6.10. The summed E-state index contributed by atoms with van der Waals surface area (Å²) in [7, 11) is 1.80. The standard InChI is InChI=1S/C18H21ClN2O2/c1-20-16(3-2-4-17(20)22)21-11-9-14(10-12-21)18(23)13-5-7-15(19)8-6-13/h2-8,14,18,23H,9-12H2,1H3/t18-/m1/s1. The predicted molar refractivity (Wildman–Crippen MR) is 93.0 cm³/mol. The van der Waals surface area contributed by atoms with Crippen molar-refractivity contribution in [2.24, 2.45) is 13.0 Å². The number of halogens is 1. The first-order valence-corrected chi connectivity index (χ1v) is 8.28. The van der Waals surface area contributed by atoms with Crippen LogP contribution in [-0.4, -0.2) is 22.8 Å². The van der Waals surface area contributed by atoms with Crippen molar-refractivity contribution in [3.63, 3.8) is 0 Å². The van der Waals surface area contributed by atoms with Crippen molar-refractivity contribution in [3.05, 3.63) is 63.4 Å². The minimum Gasteiger partial charge on any atom is -0.388 e. The zero-order chi connectivity index (χ0) is 16.4. The highest BCUT2D eigenvalue weighted by molar-refractivity contribution is 6.30. The normalized spacial score (nSPS) is 17.3. The number of hydrogen-bond donors (Lipinski definition) is 1. The van der Waals surface area contributed by atoms with Gasteiger partial charge in [-0.3, -0.25) is 9.36 Å². The van der Waals surface area contributed by atoms with Gasteiger partial charge in [-0.05, 0) is 42.5 Å². The number of aliphatic hydroxyl groups excluding tert-OH is 1. The van der Waals surface area contributed by atoms with E-state index in [1.807, 2.05) is 30.3 Å². The molecule has 0 unspecified atom stereocenters. The molecule has 1 fully saturated rings.